The molecule has 5 heteroatoms. The highest BCUT2D eigenvalue weighted by molar-refractivity contribution is 4.67. The molecule has 0 aliphatic carbocycles. The number of aromatic nitrogens is 2. The number of hydrogen-bond donors (Lipinski definition) is 1. The molecule has 0 spiro atoms. The van der Waals surface area contributed by atoms with Crippen LogP contribution >= 0.6 is 0 Å². The average Bonchev–Trinajstić information content (AvgIpc) is 2.64. The molecular formula is C10H19N2O3+. The molecule has 0 amide bonds. The first kappa shape index (κ1) is 12.2. The van der Waals surface area contributed by atoms with E-state index in [0.29, 0.717) is 19.8 Å². The summed E-state index contributed by atoms with van der Waals surface area (Å²) in [5.74, 6) is 0. The van der Waals surface area contributed by atoms with Gasteiger partial charge in [-0.25, -0.2) is 9.13 Å². The van der Waals surface area contributed by atoms with Crippen molar-refractivity contribution in [1.82, 2.24) is 4.57 Å². The lowest BCUT2D eigenvalue weighted by molar-refractivity contribution is -0.671. The highest BCUT2D eigenvalue weighted by Crippen LogP contribution is 2.04. The van der Waals surface area contributed by atoms with E-state index in [1.807, 2.05) is 41.8 Å². The highest BCUT2D eigenvalue weighted by Gasteiger charge is 2.09. The molecule has 5 nitrogen and oxygen atoms in total. The summed E-state index contributed by atoms with van der Waals surface area (Å²) in [6, 6.07) is 0. The predicted octanol–water partition coefficient (Wildman–Crippen LogP) is -0.143. The Morgan fingerprint density at radius 3 is 2.80 bits per heavy atom. The van der Waals surface area contributed by atoms with E-state index in [0.717, 1.165) is 0 Å². The molecule has 0 saturated carbocycles. The molecule has 1 rings (SSSR count). The Morgan fingerprint density at radius 1 is 1.40 bits per heavy atom. The molecule has 1 atom stereocenters. The first-order valence-electron chi connectivity index (χ1n) is 5.07. The first-order valence-corrected chi connectivity index (χ1v) is 5.07. The Bertz CT molecular complexity index is 275. The fourth-order valence-electron chi connectivity index (χ4n) is 1.21. The zero-order valence-electron chi connectivity index (χ0n) is 9.30. The van der Waals surface area contributed by atoms with Gasteiger partial charge in [0, 0.05) is 6.92 Å². The maximum Gasteiger partial charge on any atom is 0.245 e. The van der Waals surface area contributed by atoms with Gasteiger partial charge in [-0.05, 0) is 0 Å². The van der Waals surface area contributed by atoms with Crippen molar-refractivity contribution in [2.24, 2.45) is 7.05 Å². The molecule has 0 aliphatic rings. The number of aliphatic hydroxyl groups excluding tert-OH is 1. The van der Waals surface area contributed by atoms with Crippen molar-refractivity contribution in [3.8, 4) is 0 Å². The lowest BCUT2D eigenvalue weighted by atomic mass is 10.6. The molecule has 0 fully saturated rings. The van der Waals surface area contributed by atoms with Crippen LogP contribution in [0.25, 0.3) is 0 Å². The predicted molar refractivity (Wildman–Crippen MR) is 54.2 cm³/mol. The second-order valence-corrected chi connectivity index (χ2v) is 3.33. The summed E-state index contributed by atoms with van der Waals surface area (Å²) in [7, 11) is 1.97. The van der Waals surface area contributed by atoms with E-state index in [1.54, 1.807) is 0 Å². The molecule has 0 saturated heterocycles. The van der Waals surface area contributed by atoms with E-state index in [2.05, 4.69) is 0 Å². The van der Waals surface area contributed by atoms with Crippen LogP contribution in [-0.4, -0.2) is 36.1 Å². The summed E-state index contributed by atoms with van der Waals surface area (Å²) in [6.45, 7) is 3.45. The monoisotopic (exact) mass is 215 g/mol. The third-order valence-corrected chi connectivity index (χ3v) is 2.03. The summed E-state index contributed by atoms with van der Waals surface area (Å²) in [5, 5.41) is 8.48. The number of rotatable bonds is 7. The van der Waals surface area contributed by atoms with Crippen molar-refractivity contribution >= 4 is 0 Å². The van der Waals surface area contributed by atoms with E-state index in [4.69, 9.17) is 14.6 Å². The van der Waals surface area contributed by atoms with Crippen LogP contribution in [0.4, 0.5) is 0 Å². The van der Waals surface area contributed by atoms with E-state index in [9.17, 15) is 0 Å². The number of hydrogen-bond acceptors (Lipinski definition) is 3. The number of ether oxygens (including phenoxy) is 2. The van der Waals surface area contributed by atoms with Crippen molar-refractivity contribution in [3.63, 3.8) is 0 Å². The Hall–Kier alpha value is -0.910. The molecule has 15 heavy (non-hydrogen) atoms. The first-order chi connectivity index (χ1) is 7.24. The molecule has 1 N–H and O–H groups in total. The van der Waals surface area contributed by atoms with Crippen LogP contribution in [0.1, 0.15) is 13.2 Å². The lowest BCUT2D eigenvalue weighted by Gasteiger charge is -2.09. The SMILES string of the molecule is CC(OCCOCCO)n1cc[n+](C)c1. The van der Waals surface area contributed by atoms with Gasteiger partial charge in [-0.15, -0.1) is 0 Å². The molecular weight excluding hydrogens is 196 g/mol. The molecule has 1 aromatic rings. The minimum atomic E-state index is 0.00364. The van der Waals surface area contributed by atoms with Gasteiger partial charge in [0.05, 0.1) is 33.5 Å². The van der Waals surface area contributed by atoms with Gasteiger partial charge in [0.25, 0.3) is 0 Å². The Balaban J connectivity index is 2.16. The molecule has 1 aromatic heterocycles. The molecule has 0 aliphatic heterocycles. The van der Waals surface area contributed by atoms with Gasteiger partial charge >= 0.3 is 0 Å². The van der Waals surface area contributed by atoms with Gasteiger partial charge < -0.3 is 14.6 Å². The number of aliphatic hydroxyl groups is 1. The van der Waals surface area contributed by atoms with Crippen LogP contribution in [0.2, 0.25) is 0 Å². The van der Waals surface area contributed by atoms with Crippen molar-refractivity contribution in [2.45, 2.75) is 13.2 Å². The van der Waals surface area contributed by atoms with Crippen molar-refractivity contribution in [1.29, 1.82) is 0 Å². The zero-order chi connectivity index (χ0) is 11.1. The van der Waals surface area contributed by atoms with Crippen LogP contribution < -0.4 is 4.57 Å². The third-order valence-electron chi connectivity index (χ3n) is 2.03. The highest BCUT2D eigenvalue weighted by atomic mass is 16.5. The second kappa shape index (κ2) is 6.55. The number of imidazole rings is 1. The third kappa shape index (κ3) is 4.42. The summed E-state index contributed by atoms with van der Waals surface area (Å²) >= 11 is 0. The van der Waals surface area contributed by atoms with Gasteiger partial charge in [0.15, 0.2) is 6.23 Å². The van der Waals surface area contributed by atoms with E-state index < -0.39 is 0 Å². The average molecular weight is 215 g/mol. The molecule has 0 aromatic carbocycles. The molecule has 1 heterocycles. The van der Waals surface area contributed by atoms with Gasteiger partial charge in [-0.2, -0.15) is 0 Å². The summed E-state index contributed by atoms with van der Waals surface area (Å²) in [4.78, 5) is 0. The Labute approximate surface area is 89.9 Å². The smallest absolute Gasteiger partial charge is 0.245 e. The van der Waals surface area contributed by atoms with Crippen molar-refractivity contribution in [2.75, 3.05) is 26.4 Å². The maximum absolute atomic E-state index is 8.48. The van der Waals surface area contributed by atoms with Crippen molar-refractivity contribution in [3.05, 3.63) is 18.7 Å². The molecule has 1 unspecified atom stereocenters. The van der Waals surface area contributed by atoms with E-state index in [-0.39, 0.29) is 12.8 Å². The minimum absolute atomic E-state index is 0.00364. The van der Waals surface area contributed by atoms with E-state index >= 15 is 0 Å². The van der Waals surface area contributed by atoms with Gasteiger partial charge in [0.1, 0.15) is 12.4 Å². The number of aryl methyl sites for hydroxylation is 1. The Morgan fingerprint density at radius 2 is 2.20 bits per heavy atom. The van der Waals surface area contributed by atoms with Crippen LogP contribution in [0.5, 0.6) is 0 Å². The fourth-order valence-corrected chi connectivity index (χ4v) is 1.21. The summed E-state index contributed by atoms with van der Waals surface area (Å²) in [5.41, 5.74) is 0. The lowest BCUT2D eigenvalue weighted by Crippen LogP contribution is -2.24. The molecule has 86 valence electrons. The van der Waals surface area contributed by atoms with Crippen LogP contribution in [0.3, 0.4) is 0 Å². The minimum Gasteiger partial charge on any atom is -0.394 e. The molecule has 0 bridgehead atoms. The largest absolute Gasteiger partial charge is 0.394 e. The fraction of sp³-hybridized carbons (Fsp3) is 0.700. The molecule has 0 radical (unpaired) electrons. The summed E-state index contributed by atoms with van der Waals surface area (Å²) < 4.78 is 14.6. The zero-order valence-corrected chi connectivity index (χ0v) is 9.30. The van der Waals surface area contributed by atoms with Crippen LogP contribution in [-0.2, 0) is 16.5 Å². The normalized spacial score (nSPS) is 13.0. The maximum atomic E-state index is 8.48. The second-order valence-electron chi connectivity index (χ2n) is 3.33. The van der Waals surface area contributed by atoms with Gasteiger partial charge in [0.2, 0.25) is 6.33 Å². The van der Waals surface area contributed by atoms with Gasteiger partial charge in [-0.3, -0.25) is 0 Å². The van der Waals surface area contributed by atoms with Crippen LogP contribution in [0, 0.1) is 0 Å². The van der Waals surface area contributed by atoms with Gasteiger partial charge in [-0.1, -0.05) is 0 Å². The summed E-state index contributed by atoms with van der Waals surface area (Å²) in [6.07, 6.45) is 5.88. The topological polar surface area (TPSA) is 47.5 Å². The van der Waals surface area contributed by atoms with Crippen LogP contribution in [0.15, 0.2) is 18.7 Å². The Kier molecular flexibility index (Phi) is 5.31. The number of nitrogens with zero attached hydrogens (tertiary/aromatic N) is 2. The van der Waals surface area contributed by atoms with E-state index in [1.165, 1.54) is 0 Å². The quantitative estimate of drug-likeness (QED) is 0.508. The standard InChI is InChI=1S/C10H19N2O3/c1-10(12-4-3-11(2)9-12)15-8-7-14-6-5-13/h3-4,9-10,13H,5-8H2,1-2H3/q+1. The van der Waals surface area contributed by atoms with Crippen molar-refractivity contribution < 1.29 is 19.1 Å².